The Balaban J connectivity index is 0.000000419. The summed E-state index contributed by atoms with van der Waals surface area (Å²) in [6.45, 7) is 17.0. The zero-order valence-electron chi connectivity index (χ0n) is 30.8. The first-order valence-electron chi connectivity index (χ1n) is 17.3. The van der Waals surface area contributed by atoms with Crippen molar-refractivity contribution in [1.29, 1.82) is 0 Å². The lowest BCUT2D eigenvalue weighted by molar-refractivity contribution is 0.288. The number of nitrogens with zero attached hydrogens (tertiary/aromatic N) is 3. The average Bonchev–Trinajstić information content (AvgIpc) is 3.07. The third-order valence-electron chi connectivity index (χ3n) is 8.68. The van der Waals surface area contributed by atoms with Gasteiger partial charge in [0.25, 0.3) is 0 Å². The van der Waals surface area contributed by atoms with E-state index in [1.165, 1.54) is 16.7 Å². The molecule has 262 valence electrons. The number of hydrogen-bond donors (Lipinski definition) is 4. The lowest BCUT2D eigenvalue weighted by atomic mass is 10.0. The van der Waals surface area contributed by atoms with Crippen molar-refractivity contribution in [1.82, 2.24) is 4.98 Å². The second-order valence-electron chi connectivity index (χ2n) is 13.1. The summed E-state index contributed by atoms with van der Waals surface area (Å²) < 4.78 is 0. The molecule has 49 heavy (non-hydrogen) atoms. The van der Waals surface area contributed by atoms with Crippen molar-refractivity contribution in [2.75, 3.05) is 25.6 Å². The minimum atomic E-state index is 0.205. The first-order chi connectivity index (χ1) is 23.4. The van der Waals surface area contributed by atoms with Gasteiger partial charge in [-0.15, -0.1) is 0 Å². The van der Waals surface area contributed by atoms with Gasteiger partial charge in [-0.25, -0.2) is 4.98 Å². The van der Waals surface area contributed by atoms with Gasteiger partial charge in [-0.1, -0.05) is 42.5 Å². The Kier molecular flexibility index (Phi) is 15.3. The number of aliphatic hydroxyl groups is 3. The van der Waals surface area contributed by atoms with E-state index >= 15 is 0 Å². The molecule has 7 nitrogen and oxygen atoms in total. The van der Waals surface area contributed by atoms with Gasteiger partial charge < -0.3 is 21.1 Å². The van der Waals surface area contributed by atoms with E-state index in [4.69, 9.17) is 36.0 Å². The maximum atomic E-state index is 9.13. The summed E-state index contributed by atoms with van der Waals surface area (Å²) >= 11 is 0. The molecule has 0 saturated heterocycles. The summed E-state index contributed by atoms with van der Waals surface area (Å²) in [5.74, 6) is 0. The number of nitrogens with two attached hydrogens (primary N) is 1. The molecular formula is C42H56N4O3. The Morgan fingerprint density at radius 2 is 0.857 bits per heavy atom. The first kappa shape index (κ1) is 39.3. The van der Waals surface area contributed by atoms with Crippen molar-refractivity contribution in [2.45, 2.75) is 93.9 Å². The van der Waals surface area contributed by atoms with Crippen molar-refractivity contribution in [3.8, 4) is 0 Å². The minimum Gasteiger partial charge on any atom is -0.398 e. The van der Waals surface area contributed by atoms with Crippen LogP contribution in [0, 0.1) is 41.5 Å². The highest BCUT2D eigenvalue weighted by Gasteiger charge is 2.10. The van der Waals surface area contributed by atoms with E-state index < -0.39 is 0 Å². The number of rotatable bonds is 13. The molecule has 0 fully saturated rings. The Morgan fingerprint density at radius 1 is 0.551 bits per heavy atom. The standard InChI is InChI=1S/C31H39N3O2.C11H17NO/c1-20-16-26(10-8-14-35)17-21(2)30(20)32-24(5)28-12-7-13-29(34-28)25(6)33-31-22(3)18-27(11-9-15-36)19-23(31)4;1-8-6-10(4-3-5-13)7-9(2)11(8)12/h7,12-13,16-19,35-36H,8-11,14-15H2,1-6H3;6-7,13H,3-5,12H2,1-2H3. The van der Waals surface area contributed by atoms with Gasteiger partial charge in [0.05, 0.1) is 34.2 Å². The van der Waals surface area contributed by atoms with Gasteiger partial charge in [0, 0.05) is 25.5 Å². The Labute approximate surface area is 293 Å². The molecule has 0 radical (unpaired) electrons. The number of aliphatic imine (C=N–C) groups is 2. The zero-order chi connectivity index (χ0) is 36.1. The number of aliphatic hydroxyl groups excluding tert-OH is 3. The molecule has 0 spiro atoms. The molecule has 4 rings (SSSR count). The predicted octanol–water partition coefficient (Wildman–Crippen LogP) is 8.26. The molecule has 5 N–H and O–H groups in total. The van der Waals surface area contributed by atoms with E-state index in [9.17, 15) is 0 Å². The normalized spacial score (nSPS) is 11.8. The number of anilines is 1. The highest BCUT2D eigenvalue weighted by Crippen LogP contribution is 2.28. The van der Waals surface area contributed by atoms with Gasteiger partial charge >= 0.3 is 0 Å². The van der Waals surface area contributed by atoms with Crippen molar-refractivity contribution in [3.05, 3.63) is 116 Å². The van der Waals surface area contributed by atoms with Gasteiger partial charge in [0.1, 0.15) is 0 Å². The van der Waals surface area contributed by atoms with Crippen LogP contribution in [-0.4, -0.2) is 51.5 Å². The van der Waals surface area contributed by atoms with Gasteiger partial charge in [0.2, 0.25) is 0 Å². The number of nitrogen functional groups attached to an aromatic ring is 1. The number of hydrogen-bond acceptors (Lipinski definition) is 7. The van der Waals surface area contributed by atoms with Gasteiger partial charge in [0.15, 0.2) is 0 Å². The second-order valence-corrected chi connectivity index (χ2v) is 13.1. The lowest BCUT2D eigenvalue weighted by Crippen LogP contribution is -2.05. The maximum absolute atomic E-state index is 9.13. The molecule has 0 bridgehead atoms. The molecule has 0 aliphatic rings. The van der Waals surface area contributed by atoms with Gasteiger partial charge in [-0.2, -0.15) is 0 Å². The summed E-state index contributed by atoms with van der Waals surface area (Å²) in [4.78, 5) is 14.8. The molecule has 0 amide bonds. The quantitative estimate of drug-likeness (QED) is 0.0846. The van der Waals surface area contributed by atoms with Crippen LogP contribution >= 0.6 is 0 Å². The summed E-state index contributed by atoms with van der Waals surface area (Å²) in [6, 6.07) is 18.8. The maximum Gasteiger partial charge on any atom is 0.0849 e. The monoisotopic (exact) mass is 664 g/mol. The molecule has 0 unspecified atom stereocenters. The average molecular weight is 665 g/mol. The van der Waals surface area contributed by atoms with E-state index in [0.717, 1.165) is 112 Å². The van der Waals surface area contributed by atoms with Crippen molar-refractivity contribution in [3.63, 3.8) is 0 Å². The van der Waals surface area contributed by atoms with Gasteiger partial charge in [-0.3, -0.25) is 9.98 Å². The van der Waals surface area contributed by atoms with Crippen LogP contribution in [0.25, 0.3) is 0 Å². The number of aromatic nitrogens is 1. The zero-order valence-corrected chi connectivity index (χ0v) is 30.8. The fraction of sp³-hybridized carbons (Fsp3) is 0.405. The molecular weight excluding hydrogens is 608 g/mol. The van der Waals surface area contributed by atoms with E-state index in [1.807, 2.05) is 45.9 Å². The molecule has 0 atom stereocenters. The summed E-state index contributed by atoms with van der Waals surface area (Å²) in [5, 5.41) is 27.0. The van der Waals surface area contributed by atoms with Gasteiger partial charge in [-0.05, 0) is 156 Å². The SMILES string of the molecule is CC(=Nc1c(C)cc(CCCO)cc1C)c1cccc(C(C)=Nc2c(C)cc(CCCO)cc2C)n1.Cc1cc(CCCO)cc(C)c1N. The molecule has 3 aromatic carbocycles. The number of benzene rings is 3. The van der Waals surface area contributed by atoms with E-state index in [-0.39, 0.29) is 19.8 Å². The summed E-state index contributed by atoms with van der Waals surface area (Å²) in [7, 11) is 0. The smallest absolute Gasteiger partial charge is 0.0849 e. The summed E-state index contributed by atoms with van der Waals surface area (Å²) in [5.41, 5.74) is 22.6. The van der Waals surface area contributed by atoms with Crippen LogP contribution in [0.15, 0.2) is 64.6 Å². The molecule has 1 aromatic heterocycles. The molecule has 0 saturated carbocycles. The summed E-state index contributed by atoms with van der Waals surface area (Å²) in [6.07, 6.45) is 5.03. The molecule has 4 aromatic rings. The number of pyridine rings is 1. The third kappa shape index (κ3) is 11.5. The largest absolute Gasteiger partial charge is 0.398 e. The lowest BCUT2D eigenvalue weighted by Gasteiger charge is -2.12. The number of aryl methyl sites for hydroxylation is 9. The van der Waals surface area contributed by atoms with Crippen LogP contribution in [0.3, 0.4) is 0 Å². The molecule has 1 heterocycles. The molecule has 0 aliphatic heterocycles. The van der Waals surface area contributed by atoms with E-state index in [2.05, 4.69) is 64.1 Å². The highest BCUT2D eigenvalue weighted by molar-refractivity contribution is 6.02. The fourth-order valence-corrected chi connectivity index (χ4v) is 6.08. The third-order valence-corrected chi connectivity index (χ3v) is 8.68. The van der Waals surface area contributed by atoms with Crippen LogP contribution in [0.4, 0.5) is 17.1 Å². The Morgan fingerprint density at radius 3 is 1.16 bits per heavy atom. The van der Waals surface area contributed by atoms with Crippen LogP contribution in [-0.2, 0) is 19.3 Å². The predicted molar refractivity (Wildman–Crippen MR) is 206 cm³/mol. The van der Waals surface area contributed by atoms with Crippen LogP contribution in [0.2, 0.25) is 0 Å². The Bertz CT molecular complexity index is 1610. The second kappa shape index (κ2) is 19.1. The van der Waals surface area contributed by atoms with E-state index in [0.29, 0.717) is 0 Å². The van der Waals surface area contributed by atoms with Crippen LogP contribution < -0.4 is 5.73 Å². The first-order valence-corrected chi connectivity index (χ1v) is 17.3. The molecule has 0 aliphatic carbocycles. The van der Waals surface area contributed by atoms with Crippen LogP contribution in [0.5, 0.6) is 0 Å². The minimum absolute atomic E-state index is 0.205. The highest BCUT2D eigenvalue weighted by atomic mass is 16.3. The molecule has 7 heteroatoms. The van der Waals surface area contributed by atoms with Crippen LogP contribution in [0.1, 0.15) is 94.6 Å². The van der Waals surface area contributed by atoms with Crippen molar-refractivity contribution < 1.29 is 15.3 Å². The van der Waals surface area contributed by atoms with Crippen molar-refractivity contribution in [2.24, 2.45) is 9.98 Å². The topological polar surface area (TPSA) is 124 Å². The Hall–Kier alpha value is -4.17. The van der Waals surface area contributed by atoms with Crippen molar-refractivity contribution >= 4 is 28.5 Å². The van der Waals surface area contributed by atoms with E-state index in [1.54, 1.807) is 0 Å². The fourth-order valence-electron chi connectivity index (χ4n) is 6.08.